The van der Waals surface area contributed by atoms with Crippen LogP contribution < -0.4 is 10.1 Å². The van der Waals surface area contributed by atoms with Crippen molar-refractivity contribution in [3.05, 3.63) is 28.2 Å². The summed E-state index contributed by atoms with van der Waals surface area (Å²) in [6.07, 6.45) is 4.98. The van der Waals surface area contributed by atoms with Gasteiger partial charge in [-0.25, -0.2) is 0 Å². The second kappa shape index (κ2) is 7.15. The van der Waals surface area contributed by atoms with Gasteiger partial charge in [0.25, 0.3) is 0 Å². The van der Waals surface area contributed by atoms with Crippen LogP contribution in [0.5, 0.6) is 5.75 Å². The Morgan fingerprint density at radius 3 is 2.62 bits per heavy atom. The lowest BCUT2D eigenvalue weighted by Crippen LogP contribution is -2.64. The zero-order valence-corrected chi connectivity index (χ0v) is 15.3. The second-order valence-corrected chi connectivity index (χ2v) is 7.11. The summed E-state index contributed by atoms with van der Waals surface area (Å²) in [6, 6.07) is 6.88. The molecule has 0 heterocycles. The fraction of sp³-hybridized carbons (Fsp3) is 0.667. The molecule has 0 saturated heterocycles. The van der Waals surface area contributed by atoms with Gasteiger partial charge in [0.15, 0.2) is 0 Å². The van der Waals surface area contributed by atoms with Crippen molar-refractivity contribution in [2.75, 3.05) is 6.54 Å². The van der Waals surface area contributed by atoms with Crippen molar-refractivity contribution in [1.82, 2.24) is 5.32 Å². The molecule has 2 nitrogen and oxygen atoms in total. The van der Waals surface area contributed by atoms with Gasteiger partial charge in [-0.3, -0.25) is 0 Å². The first kappa shape index (κ1) is 16.8. The molecule has 1 fully saturated rings. The van der Waals surface area contributed by atoms with Crippen LogP contribution in [0.1, 0.15) is 52.0 Å². The minimum atomic E-state index is 0.282. The molecule has 0 amide bonds. The molecule has 118 valence electrons. The predicted molar refractivity (Wildman–Crippen MR) is 93.0 cm³/mol. The number of ether oxygens (including phenoxy) is 1. The molecule has 0 radical (unpaired) electrons. The summed E-state index contributed by atoms with van der Waals surface area (Å²) in [5, 5.41) is 3.71. The van der Waals surface area contributed by atoms with Crippen LogP contribution >= 0.6 is 15.9 Å². The lowest BCUT2D eigenvalue weighted by atomic mass is 9.58. The third-order valence-electron chi connectivity index (χ3n) is 5.16. The Kier molecular flexibility index (Phi) is 5.73. The molecule has 3 heteroatoms. The van der Waals surface area contributed by atoms with E-state index in [4.69, 9.17) is 4.74 Å². The van der Waals surface area contributed by atoms with Crippen molar-refractivity contribution in [2.24, 2.45) is 5.41 Å². The number of rotatable bonds is 7. The Hall–Kier alpha value is -0.540. The maximum Gasteiger partial charge on any atom is 0.123 e. The van der Waals surface area contributed by atoms with Crippen molar-refractivity contribution < 1.29 is 4.74 Å². The molecule has 0 spiro atoms. The molecule has 2 atom stereocenters. The predicted octanol–water partition coefficient (Wildman–Crippen LogP) is 5.08. The molecule has 21 heavy (non-hydrogen) atoms. The maximum atomic E-state index is 6.40. The number of hydrogen-bond acceptors (Lipinski definition) is 2. The standard InChI is InChI=1S/C18H28BrNO/c1-5-10-20-16-12-17(18(16,6-2)7-3)21-15-11-14(19)9-8-13(15)4/h8-9,11,16-17,20H,5-7,10,12H2,1-4H3. The minimum absolute atomic E-state index is 0.282. The molecule has 1 aromatic rings. The smallest absolute Gasteiger partial charge is 0.123 e. The topological polar surface area (TPSA) is 21.3 Å². The van der Waals surface area contributed by atoms with Gasteiger partial charge in [-0.15, -0.1) is 0 Å². The Balaban J connectivity index is 2.11. The lowest BCUT2D eigenvalue weighted by molar-refractivity contribution is -0.0861. The molecule has 1 N–H and O–H groups in total. The number of aryl methyl sites for hydroxylation is 1. The minimum Gasteiger partial charge on any atom is -0.489 e. The van der Waals surface area contributed by atoms with Gasteiger partial charge in [0.1, 0.15) is 11.9 Å². The van der Waals surface area contributed by atoms with E-state index in [1.165, 1.54) is 24.8 Å². The zero-order valence-electron chi connectivity index (χ0n) is 13.7. The maximum absolute atomic E-state index is 6.40. The van der Waals surface area contributed by atoms with Gasteiger partial charge in [-0.05, 0) is 50.4 Å². The molecule has 1 aliphatic rings. The Bertz CT molecular complexity index is 470. The first-order valence-electron chi connectivity index (χ1n) is 8.23. The number of benzene rings is 1. The zero-order chi connectivity index (χ0) is 15.5. The van der Waals surface area contributed by atoms with Crippen LogP contribution in [0.4, 0.5) is 0 Å². The van der Waals surface area contributed by atoms with E-state index in [1.807, 2.05) is 0 Å². The van der Waals surface area contributed by atoms with Gasteiger partial charge in [-0.1, -0.05) is 42.8 Å². The summed E-state index contributed by atoms with van der Waals surface area (Å²) in [7, 11) is 0. The normalized spacial score (nSPS) is 23.7. The van der Waals surface area contributed by atoms with E-state index in [9.17, 15) is 0 Å². The van der Waals surface area contributed by atoms with Crippen LogP contribution in [0.2, 0.25) is 0 Å². The summed E-state index contributed by atoms with van der Waals surface area (Å²) >= 11 is 3.54. The van der Waals surface area contributed by atoms with Crippen LogP contribution in [0, 0.1) is 12.3 Å². The summed E-state index contributed by atoms with van der Waals surface area (Å²) < 4.78 is 7.48. The average molecular weight is 354 g/mol. The highest BCUT2D eigenvalue weighted by Crippen LogP contribution is 2.49. The van der Waals surface area contributed by atoms with Gasteiger partial charge >= 0.3 is 0 Å². The Morgan fingerprint density at radius 1 is 1.29 bits per heavy atom. The van der Waals surface area contributed by atoms with Crippen molar-refractivity contribution in [1.29, 1.82) is 0 Å². The third kappa shape index (κ3) is 3.29. The average Bonchev–Trinajstić information content (AvgIpc) is 2.47. The highest BCUT2D eigenvalue weighted by Gasteiger charge is 2.54. The van der Waals surface area contributed by atoms with Crippen molar-refractivity contribution in [2.45, 2.75) is 65.5 Å². The van der Waals surface area contributed by atoms with Crippen LogP contribution in [-0.4, -0.2) is 18.7 Å². The van der Waals surface area contributed by atoms with Gasteiger partial charge in [-0.2, -0.15) is 0 Å². The summed E-state index contributed by atoms with van der Waals surface area (Å²) in [6.45, 7) is 10.0. The highest BCUT2D eigenvalue weighted by atomic mass is 79.9. The van der Waals surface area contributed by atoms with Crippen LogP contribution in [0.3, 0.4) is 0 Å². The summed E-state index contributed by atoms with van der Waals surface area (Å²) in [4.78, 5) is 0. The van der Waals surface area contributed by atoms with Gasteiger partial charge in [0.2, 0.25) is 0 Å². The third-order valence-corrected chi connectivity index (χ3v) is 5.65. The van der Waals surface area contributed by atoms with E-state index in [0.717, 1.165) is 23.2 Å². The van der Waals surface area contributed by atoms with Crippen molar-refractivity contribution >= 4 is 15.9 Å². The van der Waals surface area contributed by atoms with E-state index in [0.29, 0.717) is 12.1 Å². The Labute approximate surface area is 137 Å². The molecule has 2 unspecified atom stereocenters. The SMILES string of the molecule is CCCNC1CC(Oc2cc(Br)ccc2C)C1(CC)CC. The molecule has 2 rings (SSSR count). The van der Waals surface area contributed by atoms with E-state index >= 15 is 0 Å². The molecular formula is C18H28BrNO. The lowest BCUT2D eigenvalue weighted by Gasteiger charge is -2.55. The molecule has 0 bridgehead atoms. The van der Waals surface area contributed by atoms with Gasteiger partial charge < -0.3 is 10.1 Å². The monoisotopic (exact) mass is 353 g/mol. The summed E-state index contributed by atoms with van der Waals surface area (Å²) in [5.74, 6) is 1.02. The van der Waals surface area contributed by atoms with Crippen LogP contribution in [-0.2, 0) is 0 Å². The van der Waals surface area contributed by atoms with Crippen LogP contribution in [0.25, 0.3) is 0 Å². The number of nitrogens with one attached hydrogen (secondary N) is 1. The van der Waals surface area contributed by atoms with Crippen molar-refractivity contribution in [3.63, 3.8) is 0 Å². The second-order valence-electron chi connectivity index (χ2n) is 6.20. The highest BCUT2D eigenvalue weighted by molar-refractivity contribution is 9.10. The molecule has 1 aromatic carbocycles. The van der Waals surface area contributed by atoms with Crippen molar-refractivity contribution in [3.8, 4) is 5.75 Å². The van der Waals surface area contributed by atoms with Gasteiger partial charge in [0.05, 0.1) is 0 Å². The fourth-order valence-electron chi connectivity index (χ4n) is 3.57. The van der Waals surface area contributed by atoms with Gasteiger partial charge in [0, 0.05) is 22.4 Å². The van der Waals surface area contributed by atoms with E-state index < -0.39 is 0 Å². The van der Waals surface area contributed by atoms with E-state index in [-0.39, 0.29) is 5.41 Å². The summed E-state index contributed by atoms with van der Waals surface area (Å²) in [5.41, 5.74) is 1.49. The first-order valence-corrected chi connectivity index (χ1v) is 9.02. The molecule has 0 aliphatic heterocycles. The molecule has 0 aromatic heterocycles. The number of hydrogen-bond donors (Lipinski definition) is 1. The quantitative estimate of drug-likeness (QED) is 0.737. The first-order chi connectivity index (χ1) is 10.1. The molecular weight excluding hydrogens is 326 g/mol. The number of halogens is 1. The van der Waals surface area contributed by atoms with Crippen LogP contribution in [0.15, 0.2) is 22.7 Å². The van der Waals surface area contributed by atoms with E-state index in [2.05, 4.69) is 67.1 Å². The van der Waals surface area contributed by atoms with E-state index in [1.54, 1.807) is 0 Å². The Morgan fingerprint density at radius 2 is 2.00 bits per heavy atom. The largest absolute Gasteiger partial charge is 0.489 e. The molecule has 1 aliphatic carbocycles. The molecule has 1 saturated carbocycles. The fourth-order valence-corrected chi connectivity index (χ4v) is 3.91.